The van der Waals surface area contributed by atoms with Crippen LogP contribution in [-0.2, 0) is 6.42 Å². The van der Waals surface area contributed by atoms with Crippen molar-refractivity contribution >= 4 is 28.4 Å². The number of rotatable bonds is 4. The van der Waals surface area contributed by atoms with Crippen molar-refractivity contribution in [2.24, 2.45) is 0 Å². The fraction of sp³-hybridized carbons (Fsp3) is 0.818. The highest BCUT2D eigenvalue weighted by Gasteiger charge is 2.24. The van der Waals surface area contributed by atoms with Gasteiger partial charge in [0.25, 0.3) is 0 Å². The lowest BCUT2D eigenvalue weighted by atomic mass is 9.95. The van der Waals surface area contributed by atoms with Gasteiger partial charge in [0.2, 0.25) is 5.13 Å². The maximum atomic E-state index is 4.48. The van der Waals surface area contributed by atoms with E-state index in [1.807, 2.05) is 11.8 Å². The Balaban J connectivity index is 1.96. The molecule has 0 aromatic carbocycles. The van der Waals surface area contributed by atoms with Gasteiger partial charge in [-0.25, -0.2) is 4.98 Å². The molecular weight excluding hydrogens is 238 g/mol. The Morgan fingerprint density at radius 2 is 2.25 bits per heavy atom. The Morgan fingerprint density at radius 3 is 2.94 bits per heavy atom. The molecule has 0 bridgehead atoms. The molecule has 0 aliphatic heterocycles. The van der Waals surface area contributed by atoms with Crippen molar-refractivity contribution in [1.29, 1.82) is 0 Å². The lowest BCUT2D eigenvalue weighted by Crippen LogP contribution is -2.34. The molecule has 1 N–H and O–H groups in total. The number of nitrogens with zero attached hydrogens (tertiary/aromatic N) is 2. The molecule has 1 aliphatic rings. The van der Waals surface area contributed by atoms with E-state index in [0.29, 0.717) is 6.04 Å². The summed E-state index contributed by atoms with van der Waals surface area (Å²) in [6.45, 7) is 2.09. The first-order valence-electron chi connectivity index (χ1n) is 5.95. The molecule has 1 aliphatic carbocycles. The summed E-state index contributed by atoms with van der Waals surface area (Å²) in [6, 6.07) is 0.585. The third kappa shape index (κ3) is 2.88. The normalized spacial score (nSPS) is 25.6. The van der Waals surface area contributed by atoms with Gasteiger partial charge in [0.1, 0.15) is 5.82 Å². The second-order valence-corrected chi connectivity index (χ2v) is 6.01. The minimum Gasteiger partial charge on any atom is -0.356 e. The third-order valence-electron chi connectivity index (χ3n) is 3.10. The molecule has 3 nitrogen and oxygen atoms in total. The van der Waals surface area contributed by atoms with Crippen LogP contribution in [0.2, 0.25) is 0 Å². The predicted molar refractivity (Wildman–Crippen MR) is 72.5 cm³/mol. The largest absolute Gasteiger partial charge is 0.356 e. The Kier molecular flexibility index (Phi) is 4.46. The summed E-state index contributed by atoms with van der Waals surface area (Å²) in [7, 11) is 0. The Hall–Kier alpha value is -0.290. The van der Waals surface area contributed by atoms with Gasteiger partial charge in [-0.3, -0.25) is 0 Å². The van der Waals surface area contributed by atoms with E-state index in [4.69, 9.17) is 0 Å². The zero-order valence-corrected chi connectivity index (χ0v) is 11.5. The Morgan fingerprint density at radius 1 is 1.44 bits per heavy atom. The number of aromatic nitrogens is 2. The molecule has 5 heteroatoms. The number of hydrogen-bond donors (Lipinski definition) is 1. The molecule has 1 saturated carbocycles. The van der Waals surface area contributed by atoms with Crippen LogP contribution in [0.4, 0.5) is 5.13 Å². The zero-order valence-electron chi connectivity index (χ0n) is 9.90. The fourth-order valence-electron chi connectivity index (χ4n) is 2.16. The van der Waals surface area contributed by atoms with Gasteiger partial charge in [-0.1, -0.05) is 19.8 Å². The zero-order chi connectivity index (χ0) is 11.4. The molecule has 90 valence electrons. The molecule has 1 heterocycles. The lowest BCUT2D eigenvalue weighted by molar-refractivity contribution is 0.475. The fourth-order valence-corrected chi connectivity index (χ4v) is 3.81. The van der Waals surface area contributed by atoms with Gasteiger partial charge < -0.3 is 5.32 Å². The maximum Gasteiger partial charge on any atom is 0.202 e. The molecule has 0 amide bonds. The summed E-state index contributed by atoms with van der Waals surface area (Å²) in [4.78, 5) is 4.48. The van der Waals surface area contributed by atoms with Crippen LogP contribution in [0.25, 0.3) is 0 Å². The first-order chi connectivity index (χ1) is 7.83. The number of anilines is 1. The van der Waals surface area contributed by atoms with Crippen molar-refractivity contribution in [2.45, 2.75) is 50.3 Å². The second-order valence-electron chi connectivity index (χ2n) is 4.18. The van der Waals surface area contributed by atoms with Crippen LogP contribution in [0.15, 0.2) is 0 Å². The van der Waals surface area contributed by atoms with E-state index < -0.39 is 0 Å². The number of nitrogens with one attached hydrogen (secondary N) is 1. The smallest absolute Gasteiger partial charge is 0.202 e. The minimum atomic E-state index is 0.585. The monoisotopic (exact) mass is 257 g/mol. The molecule has 0 saturated heterocycles. The predicted octanol–water partition coefficient (Wildman–Crippen LogP) is 3.19. The van der Waals surface area contributed by atoms with Crippen LogP contribution in [0.1, 0.15) is 38.4 Å². The average Bonchev–Trinajstić information content (AvgIpc) is 2.77. The van der Waals surface area contributed by atoms with E-state index in [1.165, 1.54) is 37.2 Å². The number of aryl methyl sites for hydroxylation is 1. The van der Waals surface area contributed by atoms with Crippen LogP contribution >= 0.6 is 23.3 Å². The highest BCUT2D eigenvalue weighted by molar-refractivity contribution is 7.99. The summed E-state index contributed by atoms with van der Waals surface area (Å²) in [5.41, 5.74) is 0. The topological polar surface area (TPSA) is 37.8 Å². The van der Waals surface area contributed by atoms with Crippen molar-refractivity contribution < 1.29 is 0 Å². The molecule has 2 unspecified atom stereocenters. The summed E-state index contributed by atoms with van der Waals surface area (Å²) < 4.78 is 4.31. The van der Waals surface area contributed by atoms with E-state index in [9.17, 15) is 0 Å². The molecule has 2 atom stereocenters. The van der Waals surface area contributed by atoms with E-state index in [2.05, 4.69) is 27.9 Å². The van der Waals surface area contributed by atoms with Crippen LogP contribution in [-0.4, -0.2) is 26.9 Å². The van der Waals surface area contributed by atoms with Crippen molar-refractivity contribution in [2.75, 3.05) is 11.6 Å². The molecule has 16 heavy (non-hydrogen) atoms. The minimum absolute atomic E-state index is 0.585. The summed E-state index contributed by atoms with van der Waals surface area (Å²) in [6.07, 6.45) is 8.45. The Labute approximate surface area is 106 Å². The number of thioether (sulfide) groups is 1. The Bertz CT molecular complexity index is 327. The molecule has 2 rings (SSSR count). The quantitative estimate of drug-likeness (QED) is 0.899. The van der Waals surface area contributed by atoms with Gasteiger partial charge in [-0.2, -0.15) is 16.1 Å². The lowest BCUT2D eigenvalue weighted by Gasteiger charge is -2.30. The standard InChI is InChI=1S/C11H19N3S2/c1-3-10-13-11(16-14-10)12-8-6-4-5-7-9(8)15-2/h8-9H,3-7H2,1-2H3,(H,12,13,14). The first-order valence-corrected chi connectivity index (χ1v) is 8.01. The maximum absolute atomic E-state index is 4.48. The molecule has 1 aromatic rings. The molecule has 1 fully saturated rings. The molecule has 0 radical (unpaired) electrons. The van der Waals surface area contributed by atoms with Crippen molar-refractivity contribution in [3.63, 3.8) is 0 Å². The van der Waals surface area contributed by atoms with Gasteiger partial charge in [-0.05, 0) is 19.1 Å². The van der Waals surface area contributed by atoms with Crippen LogP contribution < -0.4 is 5.32 Å². The van der Waals surface area contributed by atoms with Gasteiger partial charge in [0, 0.05) is 29.2 Å². The van der Waals surface area contributed by atoms with Crippen LogP contribution in [0.3, 0.4) is 0 Å². The van der Waals surface area contributed by atoms with Gasteiger partial charge in [0.15, 0.2) is 0 Å². The SMILES string of the molecule is CCc1nsc(NC2CCCCC2SC)n1. The summed E-state index contributed by atoms with van der Waals surface area (Å²) in [5.74, 6) is 0.962. The van der Waals surface area contributed by atoms with Crippen LogP contribution in [0, 0.1) is 0 Å². The van der Waals surface area contributed by atoms with Crippen molar-refractivity contribution in [1.82, 2.24) is 9.36 Å². The van der Waals surface area contributed by atoms with E-state index in [1.54, 1.807) is 0 Å². The van der Waals surface area contributed by atoms with Gasteiger partial charge in [0.05, 0.1) is 0 Å². The highest BCUT2D eigenvalue weighted by Crippen LogP contribution is 2.29. The van der Waals surface area contributed by atoms with E-state index in [0.717, 1.165) is 22.6 Å². The number of hydrogen-bond acceptors (Lipinski definition) is 5. The molecular formula is C11H19N3S2. The first kappa shape index (κ1) is 12.2. The molecule has 1 aromatic heterocycles. The van der Waals surface area contributed by atoms with Gasteiger partial charge >= 0.3 is 0 Å². The second kappa shape index (κ2) is 5.87. The van der Waals surface area contributed by atoms with Crippen LogP contribution in [0.5, 0.6) is 0 Å². The highest BCUT2D eigenvalue weighted by atomic mass is 32.2. The van der Waals surface area contributed by atoms with E-state index in [-0.39, 0.29) is 0 Å². The average molecular weight is 257 g/mol. The summed E-state index contributed by atoms with van der Waals surface area (Å²) >= 11 is 3.48. The van der Waals surface area contributed by atoms with Crippen molar-refractivity contribution in [3.8, 4) is 0 Å². The summed E-state index contributed by atoms with van der Waals surface area (Å²) in [5, 5.41) is 5.30. The van der Waals surface area contributed by atoms with Gasteiger partial charge in [-0.15, -0.1) is 0 Å². The molecule has 0 spiro atoms. The third-order valence-corrected chi connectivity index (χ3v) is 4.95. The van der Waals surface area contributed by atoms with E-state index >= 15 is 0 Å². The van der Waals surface area contributed by atoms with Crippen molar-refractivity contribution in [3.05, 3.63) is 5.82 Å².